The van der Waals surface area contributed by atoms with Crippen molar-refractivity contribution in [1.82, 2.24) is 9.47 Å². The van der Waals surface area contributed by atoms with Crippen molar-refractivity contribution in [3.8, 4) is 22.9 Å². The fraction of sp³-hybridized carbons (Fsp3) is 0.385. The highest BCUT2D eigenvalue weighted by atomic mass is 16.5. The summed E-state index contributed by atoms with van der Waals surface area (Å²) in [7, 11) is 3.07. The highest BCUT2D eigenvalue weighted by molar-refractivity contribution is 6.07. The Morgan fingerprint density at radius 1 is 1.06 bits per heavy atom. The van der Waals surface area contributed by atoms with Crippen LogP contribution in [0.15, 0.2) is 47.4 Å². The van der Waals surface area contributed by atoms with Crippen molar-refractivity contribution in [3.05, 3.63) is 58.5 Å². The lowest BCUT2D eigenvalue weighted by atomic mass is 9.98. The Morgan fingerprint density at radius 2 is 1.73 bits per heavy atom. The topological polar surface area (TPSA) is 70.0 Å². The number of piperidine rings is 1. The van der Waals surface area contributed by atoms with Gasteiger partial charge in [-0.1, -0.05) is 6.92 Å². The zero-order chi connectivity index (χ0) is 23.5. The Kier molecular flexibility index (Phi) is 6.58. The van der Waals surface area contributed by atoms with Gasteiger partial charge in [-0.15, -0.1) is 0 Å². The molecule has 2 heterocycles. The molecule has 0 bridgehead atoms. The molecule has 174 valence electrons. The van der Waals surface area contributed by atoms with Crippen molar-refractivity contribution in [2.75, 3.05) is 33.9 Å². The first-order chi connectivity index (χ1) is 16.0. The molecule has 1 atom stereocenters. The van der Waals surface area contributed by atoms with Crippen LogP contribution in [0.1, 0.15) is 37.0 Å². The highest BCUT2D eigenvalue weighted by Crippen LogP contribution is 2.33. The predicted molar refractivity (Wildman–Crippen MR) is 128 cm³/mol. The molecule has 0 N–H and O–H groups in total. The molecule has 33 heavy (non-hydrogen) atoms. The van der Waals surface area contributed by atoms with Gasteiger partial charge >= 0.3 is 0 Å². The molecule has 1 aliphatic rings. The Morgan fingerprint density at radius 3 is 2.33 bits per heavy atom. The van der Waals surface area contributed by atoms with Gasteiger partial charge in [0.05, 0.1) is 31.8 Å². The number of fused-ring (bicyclic) bond motifs is 1. The van der Waals surface area contributed by atoms with Crippen LogP contribution in [0.3, 0.4) is 0 Å². The monoisotopic (exact) mass is 450 g/mol. The number of methoxy groups -OCH3 is 2. The zero-order valence-electron chi connectivity index (χ0n) is 19.6. The van der Waals surface area contributed by atoms with E-state index in [1.807, 2.05) is 36.1 Å². The maximum atomic E-state index is 13.7. The number of hydrogen-bond acceptors (Lipinski definition) is 5. The van der Waals surface area contributed by atoms with Crippen LogP contribution >= 0.6 is 0 Å². The smallest absolute Gasteiger partial charge is 0.263 e. The predicted octanol–water partition coefficient (Wildman–Crippen LogP) is 4.28. The van der Waals surface area contributed by atoms with Crippen LogP contribution in [0.25, 0.3) is 16.5 Å². The van der Waals surface area contributed by atoms with E-state index in [0.29, 0.717) is 59.1 Å². The second-order valence-electron chi connectivity index (χ2n) is 8.40. The molecule has 7 nitrogen and oxygen atoms in total. The minimum Gasteiger partial charge on any atom is -0.494 e. The van der Waals surface area contributed by atoms with Crippen LogP contribution in [0.4, 0.5) is 0 Å². The highest BCUT2D eigenvalue weighted by Gasteiger charge is 2.26. The van der Waals surface area contributed by atoms with Gasteiger partial charge in [0.2, 0.25) is 0 Å². The van der Waals surface area contributed by atoms with E-state index in [-0.39, 0.29) is 11.5 Å². The minimum absolute atomic E-state index is 0.0848. The summed E-state index contributed by atoms with van der Waals surface area (Å²) >= 11 is 0. The first kappa shape index (κ1) is 22.7. The Hall–Kier alpha value is -3.48. The number of rotatable bonds is 6. The number of amides is 1. The van der Waals surface area contributed by atoms with E-state index < -0.39 is 0 Å². The van der Waals surface area contributed by atoms with Gasteiger partial charge < -0.3 is 19.1 Å². The number of carbonyl (C=O) groups is 1. The van der Waals surface area contributed by atoms with Gasteiger partial charge in [0, 0.05) is 30.4 Å². The lowest BCUT2D eigenvalue weighted by molar-refractivity contribution is 0.0684. The first-order valence-electron chi connectivity index (χ1n) is 11.3. The molecular weight excluding hydrogens is 420 g/mol. The Bertz CT molecular complexity index is 1220. The van der Waals surface area contributed by atoms with Crippen LogP contribution in [0.2, 0.25) is 0 Å². The van der Waals surface area contributed by atoms with E-state index >= 15 is 0 Å². The second-order valence-corrected chi connectivity index (χ2v) is 8.40. The van der Waals surface area contributed by atoms with Crippen molar-refractivity contribution < 1.29 is 19.0 Å². The fourth-order valence-electron chi connectivity index (χ4n) is 4.44. The second kappa shape index (κ2) is 9.57. The van der Waals surface area contributed by atoms with Crippen molar-refractivity contribution in [2.24, 2.45) is 5.92 Å². The average molecular weight is 451 g/mol. The third-order valence-corrected chi connectivity index (χ3v) is 6.12. The molecule has 1 fully saturated rings. The van der Waals surface area contributed by atoms with Crippen LogP contribution in [-0.4, -0.2) is 49.3 Å². The van der Waals surface area contributed by atoms with Crippen LogP contribution in [-0.2, 0) is 0 Å². The van der Waals surface area contributed by atoms with Gasteiger partial charge in [0.1, 0.15) is 5.75 Å². The van der Waals surface area contributed by atoms with Crippen molar-refractivity contribution in [3.63, 3.8) is 0 Å². The van der Waals surface area contributed by atoms with Crippen molar-refractivity contribution in [2.45, 2.75) is 26.7 Å². The van der Waals surface area contributed by atoms with E-state index in [9.17, 15) is 9.59 Å². The molecule has 0 spiro atoms. The van der Waals surface area contributed by atoms with Gasteiger partial charge in [-0.2, -0.15) is 0 Å². The van der Waals surface area contributed by atoms with Crippen LogP contribution in [0, 0.1) is 5.92 Å². The molecule has 1 aromatic heterocycles. The van der Waals surface area contributed by atoms with Crippen LogP contribution in [0.5, 0.6) is 17.2 Å². The fourth-order valence-corrected chi connectivity index (χ4v) is 4.44. The third-order valence-electron chi connectivity index (χ3n) is 6.12. The van der Waals surface area contributed by atoms with E-state index in [1.54, 1.807) is 25.4 Å². The van der Waals surface area contributed by atoms with Crippen molar-refractivity contribution >= 4 is 16.7 Å². The molecule has 1 amide bonds. The van der Waals surface area contributed by atoms with E-state index in [4.69, 9.17) is 14.2 Å². The van der Waals surface area contributed by atoms with Crippen LogP contribution < -0.4 is 19.8 Å². The summed E-state index contributed by atoms with van der Waals surface area (Å²) < 4.78 is 17.9. The number of aromatic nitrogens is 1. The number of benzene rings is 2. The molecule has 3 aromatic rings. The van der Waals surface area contributed by atoms with Gasteiger partial charge in [-0.3, -0.25) is 14.2 Å². The molecule has 0 aliphatic carbocycles. The molecule has 2 aromatic carbocycles. The van der Waals surface area contributed by atoms with Gasteiger partial charge in [0.25, 0.3) is 11.5 Å². The summed E-state index contributed by atoms with van der Waals surface area (Å²) in [6.45, 7) is 6.05. The van der Waals surface area contributed by atoms with E-state index in [0.717, 1.165) is 18.6 Å². The number of hydrogen-bond donors (Lipinski definition) is 0. The Balaban J connectivity index is 1.92. The minimum atomic E-state index is -0.237. The molecule has 0 radical (unpaired) electrons. The average Bonchev–Trinajstić information content (AvgIpc) is 2.84. The summed E-state index contributed by atoms with van der Waals surface area (Å²) in [6.07, 6.45) is 3.73. The lowest BCUT2D eigenvalue weighted by Gasteiger charge is -2.31. The molecular formula is C26H30N2O5. The number of likely N-dealkylation sites (tertiary alicyclic amines) is 1. The van der Waals surface area contributed by atoms with E-state index in [2.05, 4.69) is 6.92 Å². The molecule has 0 saturated carbocycles. The maximum absolute atomic E-state index is 13.7. The zero-order valence-corrected chi connectivity index (χ0v) is 19.6. The molecule has 4 rings (SSSR count). The lowest BCUT2D eigenvalue weighted by Crippen LogP contribution is -2.39. The Labute approximate surface area is 193 Å². The number of carbonyl (C=O) groups excluding carboxylic acids is 1. The SMILES string of the molecule is CCOc1ccc(-n2cc(C(=O)N3CCC[C@H](C)C3)c3cc(OC)c(OC)cc3c2=O)cc1. The molecule has 1 aliphatic heterocycles. The summed E-state index contributed by atoms with van der Waals surface area (Å²) in [5, 5.41) is 0.959. The number of nitrogens with zero attached hydrogens (tertiary/aromatic N) is 2. The standard InChI is InChI=1S/C26H30N2O5/c1-5-33-19-10-8-18(9-11-19)28-16-22(25(29)27-12-6-7-17(2)15-27)20-13-23(31-3)24(32-4)14-21(20)26(28)30/h8-11,13-14,16-17H,5-7,12,15H2,1-4H3/t17-/m0/s1. The summed E-state index contributed by atoms with van der Waals surface area (Å²) in [5.41, 5.74) is 0.883. The van der Waals surface area contributed by atoms with Gasteiger partial charge in [-0.05, 0) is 62.1 Å². The quantitative estimate of drug-likeness (QED) is 0.561. The van der Waals surface area contributed by atoms with E-state index in [1.165, 1.54) is 11.7 Å². The molecule has 0 unspecified atom stereocenters. The summed E-state index contributed by atoms with van der Waals surface area (Å²) in [4.78, 5) is 29.1. The van der Waals surface area contributed by atoms with Crippen molar-refractivity contribution in [1.29, 1.82) is 0 Å². The first-order valence-corrected chi connectivity index (χ1v) is 11.3. The summed E-state index contributed by atoms with van der Waals surface area (Å²) in [6, 6.07) is 10.6. The normalized spacial score (nSPS) is 16.0. The largest absolute Gasteiger partial charge is 0.494 e. The number of pyridine rings is 1. The summed E-state index contributed by atoms with van der Waals surface area (Å²) in [5.74, 6) is 2.00. The molecule has 7 heteroatoms. The number of ether oxygens (including phenoxy) is 3. The van der Waals surface area contributed by atoms with Gasteiger partial charge in [-0.25, -0.2) is 0 Å². The molecule has 1 saturated heterocycles. The van der Waals surface area contributed by atoms with Gasteiger partial charge in [0.15, 0.2) is 11.5 Å². The third kappa shape index (κ3) is 4.40. The maximum Gasteiger partial charge on any atom is 0.263 e.